The highest BCUT2D eigenvalue weighted by Crippen LogP contribution is 2.33. The standard InChI is InChI=1S/C30H40O4/c1-16(2)33-28-23(9)26(29(32)34-30(10,11)12)17(3)15-24(28)13-14-25(31)27-21(7)19(5)18(4)20(6)22(27)8/h13-16H,1-12H3. The zero-order valence-electron chi connectivity index (χ0n) is 22.9. The lowest BCUT2D eigenvalue weighted by molar-refractivity contribution is 0.00671. The van der Waals surface area contributed by atoms with Crippen molar-refractivity contribution in [3.05, 3.63) is 67.8 Å². The van der Waals surface area contributed by atoms with Crippen LogP contribution < -0.4 is 4.74 Å². The molecule has 0 aliphatic rings. The Morgan fingerprint density at radius 3 is 1.76 bits per heavy atom. The van der Waals surface area contributed by atoms with Gasteiger partial charge >= 0.3 is 5.97 Å². The molecule has 0 N–H and O–H groups in total. The number of carbonyl (C=O) groups excluding carboxylic acids is 2. The lowest BCUT2D eigenvalue weighted by Crippen LogP contribution is -2.25. The molecule has 0 radical (unpaired) electrons. The van der Waals surface area contributed by atoms with Crippen LogP contribution in [0.5, 0.6) is 5.75 Å². The fourth-order valence-corrected chi connectivity index (χ4v) is 4.27. The summed E-state index contributed by atoms with van der Waals surface area (Å²) in [5.41, 5.74) is 8.48. The van der Waals surface area contributed by atoms with Gasteiger partial charge in [-0.15, -0.1) is 0 Å². The van der Waals surface area contributed by atoms with E-state index >= 15 is 0 Å². The van der Waals surface area contributed by atoms with E-state index in [9.17, 15) is 9.59 Å². The molecule has 0 aliphatic carbocycles. The van der Waals surface area contributed by atoms with Crippen LogP contribution >= 0.6 is 0 Å². The van der Waals surface area contributed by atoms with Crippen LogP contribution in [0.2, 0.25) is 0 Å². The van der Waals surface area contributed by atoms with E-state index in [1.807, 2.05) is 68.4 Å². The third kappa shape index (κ3) is 5.78. The molecule has 4 nitrogen and oxygen atoms in total. The van der Waals surface area contributed by atoms with E-state index in [2.05, 4.69) is 20.8 Å². The van der Waals surface area contributed by atoms with E-state index in [1.54, 1.807) is 12.2 Å². The van der Waals surface area contributed by atoms with Crippen LogP contribution in [-0.4, -0.2) is 23.5 Å². The van der Waals surface area contributed by atoms with Crippen molar-refractivity contribution >= 4 is 17.8 Å². The van der Waals surface area contributed by atoms with Crippen LogP contribution in [0.4, 0.5) is 0 Å². The lowest BCUT2D eigenvalue weighted by atomic mass is 9.87. The van der Waals surface area contributed by atoms with Gasteiger partial charge in [0.1, 0.15) is 11.4 Å². The van der Waals surface area contributed by atoms with Crippen molar-refractivity contribution in [2.24, 2.45) is 0 Å². The second kappa shape index (κ2) is 10.2. The van der Waals surface area contributed by atoms with Gasteiger partial charge in [-0.25, -0.2) is 4.79 Å². The molecule has 0 amide bonds. The third-order valence-electron chi connectivity index (χ3n) is 6.36. The van der Waals surface area contributed by atoms with Crippen LogP contribution in [0, 0.1) is 48.5 Å². The molecular weight excluding hydrogens is 424 g/mol. The van der Waals surface area contributed by atoms with E-state index in [0.717, 1.165) is 38.9 Å². The molecule has 184 valence electrons. The molecule has 2 rings (SSSR count). The highest BCUT2D eigenvalue weighted by molar-refractivity contribution is 6.09. The summed E-state index contributed by atoms with van der Waals surface area (Å²) in [6.07, 6.45) is 3.31. The molecule has 0 aliphatic heterocycles. The topological polar surface area (TPSA) is 52.6 Å². The summed E-state index contributed by atoms with van der Waals surface area (Å²) in [6, 6.07) is 1.89. The van der Waals surface area contributed by atoms with E-state index in [0.29, 0.717) is 16.9 Å². The maximum atomic E-state index is 13.3. The second-order valence-electron chi connectivity index (χ2n) is 10.5. The first-order valence-corrected chi connectivity index (χ1v) is 11.9. The highest BCUT2D eigenvalue weighted by Gasteiger charge is 2.25. The SMILES string of the molecule is Cc1cc(C=CC(=O)c2c(C)c(C)c(C)c(C)c2C)c(OC(C)C)c(C)c1C(=O)OC(C)(C)C. The van der Waals surface area contributed by atoms with Gasteiger partial charge in [0.15, 0.2) is 5.78 Å². The number of carbonyl (C=O) groups is 2. The fraction of sp³-hybridized carbons (Fsp3) is 0.467. The molecule has 0 spiro atoms. The van der Waals surface area contributed by atoms with Crippen molar-refractivity contribution in [2.45, 2.75) is 94.8 Å². The van der Waals surface area contributed by atoms with Crippen molar-refractivity contribution < 1.29 is 19.1 Å². The van der Waals surface area contributed by atoms with Gasteiger partial charge in [0, 0.05) is 16.7 Å². The number of hydrogen-bond donors (Lipinski definition) is 0. The number of rotatable bonds is 6. The van der Waals surface area contributed by atoms with Crippen molar-refractivity contribution in [1.29, 1.82) is 0 Å². The molecule has 34 heavy (non-hydrogen) atoms. The summed E-state index contributed by atoms with van der Waals surface area (Å²) in [5.74, 6) is 0.179. The molecule has 0 saturated heterocycles. The molecule has 0 aromatic heterocycles. The maximum absolute atomic E-state index is 13.3. The van der Waals surface area contributed by atoms with Gasteiger partial charge in [-0.05, 0) is 135 Å². The minimum atomic E-state index is -0.597. The predicted molar refractivity (Wildman–Crippen MR) is 140 cm³/mol. The molecule has 0 heterocycles. The van der Waals surface area contributed by atoms with Gasteiger partial charge in [0.25, 0.3) is 0 Å². The van der Waals surface area contributed by atoms with Crippen molar-refractivity contribution in [1.82, 2.24) is 0 Å². The van der Waals surface area contributed by atoms with Gasteiger partial charge in [0.05, 0.1) is 11.7 Å². The Labute approximate surface area is 205 Å². The Morgan fingerprint density at radius 1 is 0.794 bits per heavy atom. The summed E-state index contributed by atoms with van der Waals surface area (Å²) in [5, 5.41) is 0. The number of ether oxygens (including phenoxy) is 2. The zero-order chi connectivity index (χ0) is 26.1. The van der Waals surface area contributed by atoms with Crippen LogP contribution in [0.15, 0.2) is 12.1 Å². The Kier molecular flexibility index (Phi) is 8.18. The van der Waals surface area contributed by atoms with Crippen LogP contribution in [0.25, 0.3) is 6.08 Å². The van der Waals surface area contributed by atoms with E-state index in [1.165, 1.54) is 5.56 Å². The summed E-state index contributed by atoms with van der Waals surface area (Å²) < 4.78 is 11.8. The maximum Gasteiger partial charge on any atom is 0.339 e. The van der Waals surface area contributed by atoms with Crippen molar-refractivity contribution in [2.75, 3.05) is 0 Å². The average molecular weight is 465 g/mol. The lowest BCUT2D eigenvalue weighted by Gasteiger charge is -2.23. The summed E-state index contributed by atoms with van der Waals surface area (Å²) >= 11 is 0. The highest BCUT2D eigenvalue weighted by atomic mass is 16.6. The predicted octanol–water partition coefficient (Wildman–Crippen LogP) is 7.48. The van der Waals surface area contributed by atoms with Gasteiger partial charge < -0.3 is 9.47 Å². The fourth-order valence-electron chi connectivity index (χ4n) is 4.27. The molecular formula is C30H40O4. The Balaban J connectivity index is 2.60. The number of allylic oxidation sites excluding steroid dienone is 1. The number of ketones is 1. The average Bonchev–Trinajstić information content (AvgIpc) is 2.70. The molecule has 2 aromatic rings. The normalized spacial score (nSPS) is 11.9. The minimum Gasteiger partial charge on any atom is -0.490 e. The van der Waals surface area contributed by atoms with E-state index in [4.69, 9.17) is 9.47 Å². The van der Waals surface area contributed by atoms with Gasteiger partial charge in [-0.1, -0.05) is 0 Å². The largest absolute Gasteiger partial charge is 0.490 e. The van der Waals surface area contributed by atoms with Gasteiger partial charge in [0.2, 0.25) is 0 Å². The first kappa shape index (κ1) is 27.4. The summed E-state index contributed by atoms with van der Waals surface area (Å²) in [4.78, 5) is 26.2. The molecule has 0 atom stereocenters. The van der Waals surface area contributed by atoms with Crippen LogP contribution in [0.3, 0.4) is 0 Å². The second-order valence-corrected chi connectivity index (χ2v) is 10.5. The van der Waals surface area contributed by atoms with E-state index < -0.39 is 5.60 Å². The first-order chi connectivity index (χ1) is 15.6. The summed E-state index contributed by atoms with van der Waals surface area (Å²) in [6.45, 7) is 23.4. The minimum absolute atomic E-state index is 0.0387. The number of benzene rings is 2. The Bertz CT molecular complexity index is 1130. The molecule has 0 saturated carbocycles. The van der Waals surface area contributed by atoms with Crippen LogP contribution in [-0.2, 0) is 4.74 Å². The van der Waals surface area contributed by atoms with Gasteiger partial charge in [-0.2, -0.15) is 0 Å². The Morgan fingerprint density at radius 2 is 1.29 bits per heavy atom. The van der Waals surface area contributed by atoms with E-state index in [-0.39, 0.29) is 17.9 Å². The number of hydrogen-bond acceptors (Lipinski definition) is 4. The van der Waals surface area contributed by atoms with Crippen molar-refractivity contribution in [3.63, 3.8) is 0 Å². The molecule has 4 heteroatoms. The monoisotopic (exact) mass is 464 g/mol. The molecule has 2 aromatic carbocycles. The van der Waals surface area contributed by atoms with Crippen molar-refractivity contribution in [3.8, 4) is 5.75 Å². The zero-order valence-corrected chi connectivity index (χ0v) is 22.9. The van der Waals surface area contributed by atoms with Crippen LogP contribution in [0.1, 0.15) is 99.8 Å². The Hall–Kier alpha value is -2.88. The van der Waals surface area contributed by atoms with Gasteiger partial charge in [-0.3, -0.25) is 4.79 Å². The smallest absolute Gasteiger partial charge is 0.339 e. The summed E-state index contributed by atoms with van der Waals surface area (Å²) in [7, 11) is 0. The quantitative estimate of drug-likeness (QED) is 0.252. The molecule has 0 fully saturated rings. The molecule has 0 bridgehead atoms. The molecule has 0 unspecified atom stereocenters. The first-order valence-electron chi connectivity index (χ1n) is 11.9. The number of aryl methyl sites for hydroxylation is 1. The third-order valence-corrected chi connectivity index (χ3v) is 6.36. The number of esters is 1.